The molecule has 116 valence electrons. The van der Waals surface area contributed by atoms with E-state index < -0.39 is 0 Å². The van der Waals surface area contributed by atoms with Crippen molar-refractivity contribution in [1.29, 1.82) is 0 Å². The van der Waals surface area contributed by atoms with Crippen molar-refractivity contribution in [2.75, 3.05) is 13.2 Å². The van der Waals surface area contributed by atoms with Crippen LogP contribution in [0.2, 0.25) is 0 Å². The number of amides is 1. The number of benzene rings is 2. The second-order valence-electron chi connectivity index (χ2n) is 4.77. The van der Waals surface area contributed by atoms with Gasteiger partial charge in [-0.25, -0.2) is 0 Å². The van der Waals surface area contributed by atoms with Crippen molar-refractivity contribution in [2.24, 2.45) is 0 Å². The topological polar surface area (TPSA) is 69.0 Å². The minimum atomic E-state index is -0.274. The van der Waals surface area contributed by atoms with Crippen LogP contribution >= 0.6 is 0 Å². The summed E-state index contributed by atoms with van der Waals surface area (Å²) < 4.78 is 5.51. The summed E-state index contributed by atoms with van der Waals surface area (Å²) in [4.78, 5) is 13.4. The molecule has 1 heterocycles. The predicted octanol–water partition coefficient (Wildman–Crippen LogP) is 2.08. The largest absolute Gasteiger partial charge is 0.492 e. The number of nitrogens with zero attached hydrogens (tertiary/aromatic N) is 3. The third kappa shape index (κ3) is 3.94. The lowest BCUT2D eigenvalue weighted by Gasteiger charge is -2.06. The lowest BCUT2D eigenvalue weighted by Crippen LogP contribution is -2.28. The van der Waals surface area contributed by atoms with Gasteiger partial charge in [-0.3, -0.25) is 4.79 Å². The Balaban J connectivity index is 1.50. The van der Waals surface area contributed by atoms with Gasteiger partial charge in [0.15, 0.2) is 5.69 Å². The molecule has 2 aromatic carbocycles. The molecule has 3 rings (SSSR count). The minimum absolute atomic E-state index is 0.272. The number of carbonyl (C=O) groups excluding carboxylic acids is 1. The summed E-state index contributed by atoms with van der Waals surface area (Å²) in [5, 5.41) is 11.0. The Morgan fingerprint density at radius 3 is 2.48 bits per heavy atom. The molecule has 0 saturated heterocycles. The first-order valence-electron chi connectivity index (χ1n) is 7.27. The van der Waals surface area contributed by atoms with Gasteiger partial charge in [0.1, 0.15) is 12.4 Å². The monoisotopic (exact) mass is 308 g/mol. The van der Waals surface area contributed by atoms with Crippen molar-refractivity contribution in [2.45, 2.75) is 0 Å². The highest BCUT2D eigenvalue weighted by molar-refractivity contribution is 5.91. The summed E-state index contributed by atoms with van der Waals surface area (Å²) in [6.07, 6.45) is 1.44. The summed E-state index contributed by atoms with van der Waals surface area (Å²) in [5.41, 5.74) is 1.08. The second kappa shape index (κ2) is 7.22. The number of hydrogen-bond acceptors (Lipinski definition) is 4. The van der Waals surface area contributed by atoms with Crippen LogP contribution in [0.15, 0.2) is 66.9 Å². The smallest absolute Gasteiger partial charge is 0.273 e. The maximum atomic E-state index is 12.0. The predicted molar refractivity (Wildman–Crippen MR) is 85.6 cm³/mol. The van der Waals surface area contributed by atoms with Gasteiger partial charge in [0, 0.05) is 0 Å². The molecule has 0 aliphatic rings. The first-order chi connectivity index (χ1) is 11.3. The molecule has 3 aromatic rings. The maximum Gasteiger partial charge on any atom is 0.273 e. The van der Waals surface area contributed by atoms with Crippen LogP contribution in [-0.4, -0.2) is 34.1 Å². The molecular formula is C17H16N4O2. The number of nitrogens with one attached hydrogen (secondary N) is 1. The third-order valence-corrected chi connectivity index (χ3v) is 3.11. The van der Waals surface area contributed by atoms with E-state index in [4.69, 9.17) is 4.74 Å². The number of para-hydroxylation sites is 2. The van der Waals surface area contributed by atoms with E-state index in [-0.39, 0.29) is 11.6 Å². The summed E-state index contributed by atoms with van der Waals surface area (Å²) in [6.45, 7) is 0.786. The molecule has 0 aliphatic heterocycles. The number of aromatic nitrogens is 3. The Labute approximate surface area is 133 Å². The molecule has 0 atom stereocenters. The molecular weight excluding hydrogens is 292 g/mol. The maximum absolute atomic E-state index is 12.0. The Morgan fingerprint density at radius 1 is 1.04 bits per heavy atom. The van der Waals surface area contributed by atoms with E-state index in [9.17, 15) is 4.79 Å². The molecule has 6 heteroatoms. The van der Waals surface area contributed by atoms with Crippen molar-refractivity contribution in [3.8, 4) is 11.4 Å². The molecule has 6 nitrogen and oxygen atoms in total. The van der Waals surface area contributed by atoms with E-state index in [2.05, 4.69) is 15.5 Å². The van der Waals surface area contributed by atoms with E-state index in [1.54, 1.807) is 0 Å². The van der Waals surface area contributed by atoms with Crippen molar-refractivity contribution in [3.63, 3.8) is 0 Å². The molecule has 0 unspecified atom stereocenters. The SMILES string of the molecule is O=C(NCCOc1ccccc1)c1cnn(-c2ccccc2)n1. The summed E-state index contributed by atoms with van der Waals surface area (Å²) in [5.74, 6) is 0.501. The molecule has 1 aromatic heterocycles. The molecule has 0 spiro atoms. The fraction of sp³-hybridized carbons (Fsp3) is 0.118. The Morgan fingerprint density at radius 2 is 1.74 bits per heavy atom. The van der Waals surface area contributed by atoms with Gasteiger partial charge >= 0.3 is 0 Å². The Bertz CT molecular complexity index is 757. The van der Waals surface area contributed by atoms with Gasteiger partial charge in [-0.15, -0.1) is 5.10 Å². The molecule has 1 amide bonds. The summed E-state index contributed by atoms with van der Waals surface area (Å²) in [7, 11) is 0. The van der Waals surface area contributed by atoms with Crippen molar-refractivity contribution >= 4 is 5.91 Å². The summed E-state index contributed by atoms with van der Waals surface area (Å²) in [6, 6.07) is 18.9. The highest BCUT2D eigenvalue weighted by atomic mass is 16.5. The lowest BCUT2D eigenvalue weighted by atomic mass is 10.3. The number of ether oxygens (including phenoxy) is 1. The van der Waals surface area contributed by atoms with Crippen LogP contribution in [0.4, 0.5) is 0 Å². The van der Waals surface area contributed by atoms with Crippen molar-refractivity contribution in [1.82, 2.24) is 20.3 Å². The fourth-order valence-electron chi connectivity index (χ4n) is 1.99. The molecule has 23 heavy (non-hydrogen) atoms. The van der Waals surface area contributed by atoms with Crippen LogP contribution in [0.1, 0.15) is 10.5 Å². The first kappa shape index (κ1) is 14.8. The standard InChI is InChI=1S/C17H16N4O2/c22-17(18-11-12-23-15-9-5-2-6-10-15)16-13-19-21(20-16)14-7-3-1-4-8-14/h1-10,13H,11-12H2,(H,18,22). The van der Waals surface area contributed by atoms with Gasteiger partial charge in [-0.1, -0.05) is 36.4 Å². The lowest BCUT2D eigenvalue weighted by molar-refractivity contribution is 0.0941. The number of hydrogen-bond donors (Lipinski definition) is 1. The van der Waals surface area contributed by atoms with E-state index in [0.29, 0.717) is 13.2 Å². The van der Waals surface area contributed by atoms with Gasteiger partial charge in [0.05, 0.1) is 18.4 Å². The van der Waals surface area contributed by atoms with Crippen LogP contribution in [0.5, 0.6) is 5.75 Å². The quantitative estimate of drug-likeness (QED) is 0.708. The van der Waals surface area contributed by atoms with Gasteiger partial charge in [0.2, 0.25) is 0 Å². The second-order valence-corrected chi connectivity index (χ2v) is 4.77. The zero-order valence-corrected chi connectivity index (χ0v) is 12.4. The van der Waals surface area contributed by atoms with Crippen LogP contribution in [0.25, 0.3) is 5.69 Å². The Hall–Kier alpha value is -3.15. The zero-order valence-electron chi connectivity index (χ0n) is 12.4. The van der Waals surface area contributed by atoms with Gasteiger partial charge in [0.25, 0.3) is 5.91 Å². The average Bonchev–Trinajstić information content (AvgIpc) is 3.10. The molecule has 1 N–H and O–H groups in total. The fourth-order valence-corrected chi connectivity index (χ4v) is 1.99. The van der Waals surface area contributed by atoms with Gasteiger partial charge in [-0.2, -0.15) is 9.90 Å². The van der Waals surface area contributed by atoms with Crippen LogP contribution in [-0.2, 0) is 0 Å². The highest BCUT2D eigenvalue weighted by Gasteiger charge is 2.10. The van der Waals surface area contributed by atoms with Gasteiger partial charge in [-0.05, 0) is 24.3 Å². The van der Waals surface area contributed by atoms with Crippen LogP contribution in [0.3, 0.4) is 0 Å². The van der Waals surface area contributed by atoms with Gasteiger partial charge < -0.3 is 10.1 Å². The van der Waals surface area contributed by atoms with Crippen molar-refractivity contribution < 1.29 is 9.53 Å². The zero-order chi connectivity index (χ0) is 15.9. The van der Waals surface area contributed by atoms with E-state index >= 15 is 0 Å². The normalized spacial score (nSPS) is 10.3. The Kier molecular flexibility index (Phi) is 4.63. The number of carbonyl (C=O) groups is 1. The van der Waals surface area contributed by atoms with Crippen LogP contribution in [0, 0.1) is 0 Å². The average molecular weight is 308 g/mol. The van der Waals surface area contributed by atoms with Crippen LogP contribution < -0.4 is 10.1 Å². The first-order valence-corrected chi connectivity index (χ1v) is 7.27. The van der Waals surface area contributed by atoms with E-state index in [0.717, 1.165) is 11.4 Å². The minimum Gasteiger partial charge on any atom is -0.492 e. The van der Waals surface area contributed by atoms with E-state index in [1.165, 1.54) is 11.0 Å². The van der Waals surface area contributed by atoms with E-state index in [1.807, 2.05) is 60.7 Å². The summed E-state index contributed by atoms with van der Waals surface area (Å²) >= 11 is 0. The highest BCUT2D eigenvalue weighted by Crippen LogP contribution is 2.07. The molecule has 0 bridgehead atoms. The molecule has 0 radical (unpaired) electrons. The third-order valence-electron chi connectivity index (χ3n) is 3.11. The van der Waals surface area contributed by atoms with Crippen molar-refractivity contribution in [3.05, 3.63) is 72.6 Å². The molecule has 0 fully saturated rings. The number of rotatable bonds is 6. The molecule has 0 aliphatic carbocycles. The molecule has 0 saturated carbocycles.